The second-order valence-corrected chi connectivity index (χ2v) is 8.55. The van der Waals surface area contributed by atoms with Gasteiger partial charge in [-0.1, -0.05) is 50.6 Å². The lowest BCUT2D eigenvalue weighted by molar-refractivity contribution is 0.262. The molecule has 0 spiro atoms. The van der Waals surface area contributed by atoms with Gasteiger partial charge in [0.1, 0.15) is 16.7 Å². The van der Waals surface area contributed by atoms with Gasteiger partial charge in [-0.3, -0.25) is 0 Å². The third kappa shape index (κ3) is 4.27. The maximum Gasteiger partial charge on any atom is 0.323 e. The van der Waals surface area contributed by atoms with Gasteiger partial charge in [-0.15, -0.1) is 15.0 Å². The fourth-order valence-electron chi connectivity index (χ4n) is 3.35. The standard InChI is InChI=1S/C25H27N5O2/c1-5-25(3,4)17-14-21(27-24(32)26-18-12-10-16(2)11-13-18)23(31)22(15-17)30-28-19-8-6-7-9-20(19)29-30/h6-15,31H,5H2,1-4H3,(H2,26,27,32). The molecule has 7 nitrogen and oxygen atoms in total. The molecule has 0 unspecified atom stereocenters. The molecule has 4 rings (SSSR count). The summed E-state index contributed by atoms with van der Waals surface area (Å²) >= 11 is 0. The highest BCUT2D eigenvalue weighted by atomic mass is 16.3. The number of rotatable bonds is 5. The highest BCUT2D eigenvalue weighted by molar-refractivity contribution is 6.01. The van der Waals surface area contributed by atoms with E-state index in [1.165, 1.54) is 4.80 Å². The minimum Gasteiger partial charge on any atom is -0.504 e. The van der Waals surface area contributed by atoms with Crippen LogP contribution >= 0.6 is 0 Å². The first-order valence-electron chi connectivity index (χ1n) is 10.6. The molecule has 0 fully saturated rings. The van der Waals surface area contributed by atoms with Crippen LogP contribution in [-0.4, -0.2) is 26.1 Å². The van der Waals surface area contributed by atoms with Gasteiger partial charge in [0.25, 0.3) is 0 Å². The van der Waals surface area contributed by atoms with E-state index in [0.717, 1.165) is 28.6 Å². The molecule has 1 heterocycles. The molecule has 32 heavy (non-hydrogen) atoms. The Bertz CT molecular complexity index is 1240. The van der Waals surface area contributed by atoms with E-state index in [1.54, 1.807) is 6.07 Å². The maximum atomic E-state index is 12.7. The monoisotopic (exact) mass is 429 g/mol. The normalized spacial score (nSPS) is 11.5. The SMILES string of the molecule is CCC(C)(C)c1cc(NC(=O)Nc2ccc(C)cc2)c(O)c(-n2nc3ccccc3n2)c1. The van der Waals surface area contributed by atoms with E-state index in [9.17, 15) is 9.90 Å². The largest absolute Gasteiger partial charge is 0.504 e. The van der Waals surface area contributed by atoms with Crippen LogP contribution in [0.1, 0.15) is 38.3 Å². The van der Waals surface area contributed by atoms with E-state index < -0.39 is 6.03 Å². The van der Waals surface area contributed by atoms with E-state index in [-0.39, 0.29) is 11.2 Å². The molecule has 2 amide bonds. The molecule has 1 aromatic heterocycles. The Morgan fingerprint density at radius 2 is 1.62 bits per heavy atom. The number of phenols is 1. The molecule has 0 aliphatic heterocycles. The molecular formula is C25H27N5O2. The zero-order valence-corrected chi connectivity index (χ0v) is 18.7. The van der Waals surface area contributed by atoms with Gasteiger partial charge in [-0.25, -0.2) is 4.79 Å². The Morgan fingerprint density at radius 3 is 2.22 bits per heavy atom. The highest BCUT2D eigenvalue weighted by Crippen LogP contribution is 2.38. The summed E-state index contributed by atoms with van der Waals surface area (Å²) in [5, 5.41) is 25.6. The molecule has 0 aliphatic carbocycles. The van der Waals surface area contributed by atoms with Gasteiger partial charge in [0.15, 0.2) is 5.75 Å². The zero-order valence-electron chi connectivity index (χ0n) is 18.7. The van der Waals surface area contributed by atoms with E-state index in [4.69, 9.17) is 0 Å². The Balaban J connectivity index is 1.73. The quantitative estimate of drug-likeness (QED) is 0.351. The molecule has 3 N–H and O–H groups in total. The lowest BCUT2D eigenvalue weighted by Gasteiger charge is -2.25. The molecule has 0 bridgehead atoms. The Kier molecular flexibility index (Phi) is 5.57. The number of fused-ring (bicyclic) bond motifs is 1. The number of aromatic hydroxyl groups is 1. The van der Waals surface area contributed by atoms with Crippen LogP contribution in [0.25, 0.3) is 16.7 Å². The van der Waals surface area contributed by atoms with Crippen molar-refractivity contribution >= 4 is 28.4 Å². The zero-order chi connectivity index (χ0) is 22.9. The van der Waals surface area contributed by atoms with Crippen molar-refractivity contribution in [2.75, 3.05) is 10.6 Å². The van der Waals surface area contributed by atoms with Gasteiger partial charge < -0.3 is 15.7 Å². The molecule has 0 radical (unpaired) electrons. The first-order valence-corrected chi connectivity index (χ1v) is 10.6. The average Bonchev–Trinajstić information content (AvgIpc) is 3.20. The second kappa shape index (κ2) is 8.34. The Labute approximate surface area is 187 Å². The fraction of sp³-hybridized carbons (Fsp3) is 0.240. The lowest BCUT2D eigenvalue weighted by atomic mass is 9.81. The van der Waals surface area contributed by atoms with Crippen molar-refractivity contribution in [3.8, 4) is 11.4 Å². The van der Waals surface area contributed by atoms with E-state index in [2.05, 4.69) is 41.6 Å². The van der Waals surface area contributed by atoms with Crippen molar-refractivity contribution in [3.05, 3.63) is 71.8 Å². The number of phenolic OH excluding ortho intramolecular Hbond substituents is 1. The van der Waals surface area contributed by atoms with Gasteiger partial charge in [0.05, 0.1) is 5.69 Å². The van der Waals surface area contributed by atoms with Crippen molar-refractivity contribution < 1.29 is 9.90 Å². The summed E-state index contributed by atoms with van der Waals surface area (Å²) in [6.07, 6.45) is 0.876. The second-order valence-electron chi connectivity index (χ2n) is 8.55. The third-order valence-electron chi connectivity index (χ3n) is 5.81. The van der Waals surface area contributed by atoms with Crippen molar-refractivity contribution in [2.24, 2.45) is 0 Å². The van der Waals surface area contributed by atoms with Crippen molar-refractivity contribution in [1.82, 2.24) is 15.0 Å². The molecule has 3 aromatic carbocycles. The predicted molar refractivity (Wildman–Crippen MR) is 128 cm³/mol. The van der Waals surface area contributed by atoms with Crippen LogP contribution in [0.5, 0.6) is 5.75 Å². The summed E-state index contributed by atoms with van der Waals surface area (Å²) in [6, 6.07) is 18.2. The number of anilines is 2. The maximum absolute atomic E-state index is 12.7. The number of nitrogens with one attached hydrogen (secondary N) is 2. The number of aryl methyl sites for hydroxylation is 1. The number of carbonyl (C=O) groups excluding carboxylic acids is 1. The smallest absolute Gasteiger partial charge is 0.323 e. The van der Waals surface area contributed by atoms with E-state index in [0.29, 0.717) is 17.1 Å². The van der Waals surface area contributed by atoms with Gasteiger partial charge >= 0.3 is 6.03 Å². The van der Waals surface area contributed by atoms with E-state index in [1.807, 2.05) is 61.5 Å². The average molecular weight is 430 g/mol. The molecule has 4 aromatic rings. The lowest BCUT2D eigenvalue weighted by Crippen LogP contribution is -2.21. The summed E-state index contributed by atoms with van der Waals surface area (Å²) < 4.78 is 0. The van der Waals surface area contributed by atoms with E-state index >= 15 is 0 Å². The van der Waals surface area contributed by atoms with Gasteiger partial charge in [-0.2, -0.15) is 0 Å². The first-order chi connectivity index (χ1) is 15.3. The Morgan fingerprint density at radius 1 is 1.00 bits per heavy atom. The van der Waals surface area contributed by atoms with Crippen LogP contribution in [-0.2, 0) is 5.41 Å². The van der Waals surface area contributed by atoms with Crippen molar-refractivity contribution in [2.45, 2.75) is 39.5 Å². The van der Waals surface area contributed by atoms with Crippen LogP contribution in [0.15, 0.2) is 60.7 Å². The summed E-state index contributed by atoms with van der Waals surface area (Å²) in [7, 11) is 0. The topological polar surface area (TPSA) is 92.1 Å². The molecule has 0 saturated carbocycles. The summed E-state index contributed by atoms with van der Waals surface area (Å²) in [6.45, 7) is 8.32. The molecule has 0 aliphatic rings. The Hall–Kier alpha value is -3.87. The molecule has 0 atom stereocenters. The van der Waals surface area contributed by atoms with Gasteiger partial charge in [0.2, 0.25) is 0 Å². The van der Waals surface area contributed by atoms with Crippen LogP contribution in [0.4, 0.5) is 16.2 Å². The van der Waals surface area contributed by atoms with Crippen LogP contribution in [0, 0.1) is 6.92 Å². The summed E-state index contributed by atoms with van der Waals surface area (Å²) in [5.41, 5.74) is 4.69. The number of carbonyl (C=O) groups is 1. The molecule has 7 heteroatoms. The number of urea groups is 1. The highest BCUT2D eigenvalue weighted by Gasteiger charge is 2.24. The molecule has 0 saturated heterocycles. The summed E-state index contributed by atoms with van der Waals surface area (Å²) in [5.74, 6) is -0.0972. The van der Waals surface area contributed by atoms with Crippen LogP contribution in [0.3, 0.4) is 0 Å². The van der Waals surface area contributed by atoms with Crippen molar-refractivity contribution in [3.63, 3.8) is 0 Å². The molecule has 164 valence electrons. The number of hydrogen-bond donors (Lipinski definition) is 3. The number of amides is 2. The van der Waals surface area contributed by atoms with Crippen LogP contribution in [0.2, 0.25) is 0 Å². The fourth-order valence-corrected chi connectivity index (χ4v) is 3.35. The van der Waals surface area contributed by atoms with Gasteiger partial charge in [-0.05, 0) is 60.7 Å². The van der Waals surface area contributed by atoms with Crippen LogP contribution < -0.4 is 10.6 Å². The first kappa shape index (κ1) is 21.4. The minimum absolute atomic E-state index is 0.0972. The number of aromatic nitrogens is 3. The predicted octanol–water partition coefficient (Wildman–Crippen LogP) is 5.77. The number of benzene rings is 3. The van der Waals surface area contributed by atoms with Gasteiger partial charge in [0, 0.05) is 5.69 Å². The number of nitrogens with zero attached hydrogens (tertiary/aromatic N) is 3. The summed E-state index contributed by atoms with van der Waals surface area (Å²) in [4.78, 5) is 14.1. The third-order valence-corrected chi connectivity index (χ3v) is 5.81. The minimum atomic E-state index is -0.444. The number of hydrogen-bond acceptors (Lipinski definition) is 4. The van der Waals surface area contributed by atoms with Crippen molar-refractivity contribution in [1.29, 1.82) is 0 Å². The molecular weight excluding hydrogens is 402 g/mol.